The number of carbonyl (C=O) groups excluding carboxylic acids is 1. The third-order valence-electron chi connectivity index (χ3n) is 5.33. The summed E-state index contributed by atoms with van der Waals surface area (Å²) in [4.78, 5) is 13.9. The summed E-state index contributed by atoms with van der Waals surface area (Å²) < 4.78 is 4.84. The van der Waals surface area contributed by atoms with Crippen molar-refractivity contribution >= 4 is 5.97 Å². The molecule has 128 valence electrons. The van der Waals surface area contributed by atoms with Gasteiger partial charge in [-0.3, -0.25) is 9.69 Å². The van der Waals surface area contributed by atoms with Gasteiger partial charge < -0.3 is 10.1 Å². The van der Waals surface area contributed by atoms with Crippen LogP contribution in [0.15, 0.2) is 0 Å². The second-order valence-corrected chi connectivity index (χ2v) is 7.27. The van der Waals surface area contributed by atoms with E-state index in [1.165, 1.54) is 58.5 Å². The summed E-state index contributed by atoms with van der Waals surface area (Å²) in [6.07, 6.45) is 10.7. The number of hydrogen-bond acceptors (Lipinski definition) is 4. The first kappa shape index (κ1) is 17.7. The van der Waals surface area contributed by atoms with Crippen LogP contribution in [0.2, 0.25) is 0 Å². The molecule has 4 nitrogen and oxygen atoms in total. The molecule has 2 fully saturated rings. The van der Waals surface area contributed by atoms with Crippen LogP contribution in [-0.2, 0) is 9.53 Å². The number of nitrogens with zero attached hydrogens (tertiary/aromatic N) is 1. The van der Waals surface area contributed by atoms with E-state index in [1.54, 1.807) is 0 Å². The van der Waals surface area contributed by atoms with Crippen LogP contribution in [0.4, 0.5) is 0 Å². The maximum absolute atomic E-state index is 11.6. The van der Waals surface area contributed by atoms with Crippen LogP contribution in [-0.4, -0.2) is 50.2 Å². The molecule has 22 heavy (non-hydrogen) atoms. The number of rotatable bonds is 8. The second kappa shape index (κ2) is 9.51. The number of esters is 1. The van der Waals surface area contributed by atoms with Gasteiger partial charge in [-0.25, -0.2) is 0 Å². The highest BCUT2D eigenvalue weighted by Gasteiger charge is 2.28. The summed E-state index contributed by atoms with van der Waals surface area (Å²) in [5, 5.41) is 3.80. The van der Waals surface area contributed by atoms with Crippen molar-refractivity contribution in [3.05, 3.63) is 0 Å². The van der Waals surface area contributed by atoms with Gasteiger partial charge in [-0.05, 0) is 44.1 Å². The van der Waals surface area contributed by atoms with E-state index in [4.69, 9.17) is 4.74 Å². The van der Waals surface area contributed by atoms with Crippen LogP contribution in [0, 0.1) is 11.8 Å². The van der Waals surface area contributed by atoms with Crippen LogP contribution in [0.25, 0.3) is 0 Å². The molecule has 0 radical (unpaired) electrons. The summed E-state index contributed by atoms with van der Waals surface area (Å²) >= 11 is 0. The van der Waals surface area contributed by atoms with Crippen molar-refractivity contribution < 1.29 is 9.53 Å². The SMILES string of the molecule is CCCCC1CC(NCC2CCCC2)CN(CC(=O)OC)C1. The fraction of sp³-hybridized carbons (Fsp3) is 0.944. The Bertz CT molecular complexity index is 329. The minimum absolute atomic E-state index is 0.106. The highest BCUT2D eigenvalue weighted by Crippen LogP contribution is 2.26. The van der Waals surface area contributed by atoms with E-state index >= 15 is 0 Å². The van der Waals surface area contributed by atoms with Gasteiger partial charge in [0, 0.05) is 19.1 Å². The summed E-state index contributed by atoms with van der Waals surface area (Å²) in [6, 6.07) is 0.542. The number of nitrogens with one attached hydrogen (secondary N) is 1. The molecule has 0 spiro atoms. The average molecular weight is 310 g/mol. The van der Waals surface area contributed by atoms with Crippen LogP contribution in [0.1, 0.15) is 58.3 Å². The second-order valence-electron chi connectivity index (χ2n) is 7.27. The molecule has 2 aliphatic rings. The quantitative estimate of drug-likeness (QED) is 0.700. The Labute approximate surface area is 136 Å². The molecule has 0 amide bonds. The minimum atomic E-state index is -0.106. The molecule has 1 aliphatic heterocycles. The summed E-state index contributed by atoms with van der Waals surface area (Å²) in [6.45, 7) is 5.91. The topological polar surface area (TPSA) is 41.6 Å². The molecule has 4 heteroatoms. The zero-order valence-electron chi connectivity index (χ0n) is 14.5. The predicted molar refractivity (Wildman–Crippen MR) is 89.8 cm³/mol. The van der Waals surface area contributed by atoms with Gasteiger partial charge in [0.25, 0.3) is 0 Å². The lowest BCUT2D eigenvalue weighted by Crippen LogP contribution is -2.51. The third kappa shape index (κ3) is 5.88. The van der Waals surface area contributed by atoms with Crippen LogP contribution in [0.5, 0.6) is 0 Å². The molecule has 2 rings (SSSR count). The zero-order chi connectivity index (χ0) is 15.8. The van der Waals surface area contributed by atoms with Gasteiger partial charge in [0.15, 0.2) is 0 Å². The van der Waals surface area contributed by atoms with E-state index in [-0.39, 0.29) is 5.97 Å². The van der Waals surface area contributed by atoms with Gasteiger partial charge in [-0.15, -0.1) is 0 Å². The van der Waals surface area contributed by atoms with E-state index in [1.807, 2.05) is 0 Å². The van der Waals surface area contributed by atoms with Crippen molar-refractivity contribution in [2.24, 2.45) is 11.8 Å². The Morgan fingerprint density at radius 3 is 2.68 bits per heavy atom. The van der Waals surface area contributed by atoms with Crippen molar-refractivity contribution in [2.45, 2.75) is 64.3 Å². The number of piperidine rings is 1. The molecule has 0 aromatic carbocycles. The number of likely N-dealkylation sites (tertiary alicyclic amines) is 1. The molecule has 1 aliphatic carbocycles. The van der Waals surface area contributed by atoms with E-state index in [0.717, 1.165) is 31.5 Å². The molecule has 1 saturated heterocycles. The zero-order valence-corrected chi connectivity index (χ0v) is 14.5. The lowest BCUT2D eigenvalue weighted by molar-refractivity contribution is -0.142. The Morgan fingerprint density at radius 1 is 1.23 bits per heavy atom. The van der Waals surface area contributed by atoms with E-state index in [0.29, 0.717) is 12.6 Å². The smallest absolute Gasteiger partial charge is 0.319 e. The van der Waals surface area contributed by atoms with Gasteiger partial charge in [0.1, 0.15) is 0 Å². The van der Waals surface area contributed by atoms with Crippen molar-refractivity contribution in [2.75, 3.05) is 33.3 Å². The van der Waals surface area contributed by atoms with E-state index < -0.39 is 0 Å². The fourth-order valence-corrected chi connectivity index (χ4v) is 4.08. The number of hydrogen-bond donors (Lipinski definition) is 1. The lowest BCUT2D eigenvalue weighted by atomic mass is 9.89. The number of unbranched alkanes of at least 4 members (excludes halogenated alkanes) is 1. The van der Waals surface area contributed by atoms with Crippen LogP contribution in [0.3, 0.4) is 0 Å². The summed E-state index contributed by atoms with van der Waals surface area (Å²) in [5.74, 6) is 1.50. The Hall–Kier alpha value is -0.610. The van der Waals surface area contributed by atoms with Crippen LogP contribution < -0.4 is 5.32 Å². The first-order valence-corrected chi connectivity index (χ1v) is 9.23. The molecule has 0 bridgehead atoms. The van der Waals surface area contributed by atoms with Crippen molar-refractivity contribution in [1.29, 1.82) is 0 Å². The fourth-order valence-electron chi connectivity index (χ4n) is 4.08. The summed E-state index contributed by atoms with van der Waals surface area (Å²) in [5.41, 5.74) is 0. The standard InChI is InChI=1S/C18H34N2O2/c1-3-4-7-16-10-17(19-11-15-8-5-6-9-15)13-20(12-16)14-18(21)22-2/h15-17,19H,3-14H2,1-2H3. The molecule has 0 aromatic heterocycles. The first-order valence-electron chi connectivity index (χ1n) is 9.23. The molecular formula is C18H34N2O2. The van der Waals surface area contributed by atoms with Gasteiger partial charge in [0.2, 0.25) is 0 Å². The van der Waals surface area contributed by atoms with Crippen molar-refractivity contribution in [3.8, 4) is 0 Å². The molecule has 1 saturated carbocycles. The van der Waals surface area contributed by atoms with Gasteiger partial charge >= 0.3 is 5.97 Å². The van der Waals surface area contributed by atoms with E-state index in [2.05, 4.69) is 17.1 Å². The maximum Gasteiger partial charge on any atom is 0.319 e. The molecule has 1 heterocycles. The normalized spacial score (nSPS) is 27.2. The molecule has 0 aromatic rings. The predicted octanol–water partition coefficient (Wildman–Crippen LogP) is 2.82. The van der Waals surface area contributed by atoms with Crippen molar-refractivity contribution in [1.82, 2.24) is 10.2 Å². The molecule has 2 unspecified atom stereocenters. The Kier molecular flexibility index (Phi) is 7.67. The molecular weight excluding hydrogens is 276 g/mol. The number of ether oxygens (including phenoxy) is 1. The maximum atomic E-state index is 11.6. The van der Waals surface area contributed by atoms with Gasteiger partial charge in [-0.2, -0.15) is 0 Å². The monoisotopic (exact) mass is 310 g/mol. The Balaban J connectivity index is 1.81. The van der Waals surface area contributed by atoms with Crippen molar-refractivity contribution in [3.63, 3.8) is 0 Å². The van der Waals surface area contributed by atoms with Crippen LogP contribution >= 0.6 is 0 Å². The largest absolute Gasteiger partial charge is 0.468 e. The number of carbonyl (C=O) groups is 1. The average Bonchev–Trinajstić information content (AvgIpc) is 3.04. The van der Waals surface area contributed by atoms with E-state index in [9.17, 15) is 4.79 Å². The van der Waals surface area contributed by atoms with Gasteiger partial charge in [-0.1, -0.05) is 32.6 Å². The summed E-state index contributed by atoms with van der Waals surface area (Å²) in [7, 11) is 1.48. The Morgan fingerprint density at radius 2 is 2.00 bits per heavy atom. The highest BCUT2D eigenvalue weighted by molar-refractivity contribution is 5.71. The first-order chi connectivity index (χ1) is 10.7. The molecule has 1 N–H and O–H groups in total. The number of methoxy groups -OCH3 is 1. The third-order valence-corrected chi connectivity index (χ3v) is 5.33. The minimum Gasteiger partial charge on any atom is -0.468 e. The molecule has 2 atom stereocenters. The van der Waals surface area contributed by atoms with Gasteiger partial charge in [0.05, 0.1) is 13.7 Å². The lowest BCUT2D eigenvalue weighted by Gasteiger charge is -2.38. The highest BCUT2D eigenvalue weighted by atomic mass is 16.5.